The van der Waals surface area contributed by atoms with E-state index in [4.69, 9.17) is 9.47 Å². The summed E-state index contributed by atoms with van der Waals surface area (Å²) in [5, 5.41) is 0. The summed E-state index contributed by atoms with van der Waals surface area (Å²) < 4.78 is 10.1. The van der Waals surface area contributed by atoms with Gasteiger partial charge in [0.25, 0.3) is 0 Å². The average molecular weight is 338 g/mol. The summed E-state index contributed by atoms with van der Waals surface area (Å²) in [5.74, 6) is 0.00180. The van der Waals surface area contributed by atoms with Crippen molar-refractivity contribution in [3.8, 4) is 5.75 Å². The summed E-state index contributed by atoms with van der Waals surface area (Å²) in [5.41, 5.74) is 4.36. The second kappa shape index (κ2) is 8.29. The first kappa shape index (κ1) is 18.5. The molecule has 0 fully saturated rings. The minimum Gasteiger partial charge on any atom is -0.497 e. The van der Waals surface area contributed by atoms with Gasteiger partial charge in [-0.05, 0) is 55.7 Å². The second-order valence-corrected chi connectivity index (χ2v) is 5.91. The van der Waals surface area contributed by atoms with Gasteiger partial charge in [-0.1, -0.05) is 29.8 Å². The number of methoxy groups -OCH3 is 1. The maximum atomic E-state index is 12.3. The second-order valence-electron chi connectivity index (χ2n) is 5.91. The number of ketones is 1. The zero-order chi connectivity index (χ0) is 18.4. The molecular formula is C21H22O4. The van der Waals surface area contributed by atoms with Crippen molar-refractivity contribution in [3.63, 3.8) is 0 Å². The Kier molecular flexibility index (Phi) is 6.12. The molecule has 0 amide bonds. The van der Waals surface area contributed by atoms with Crippen LogP contribution in [0.2, 0.25) is 0 Å². The van der Waals surface area contributed by atoms with E-state index in [1.54, 1.807) is 25.3 Å². The molecule has 4 heteroatoms. The number of carbonyl (C=O) groups is 2. The van der Waals surface area contributed by atoms with Crippen molar-refractivity contribution >= 4 is 17.8 Å². The van der Waals surface area contributed by atoms with Crippen LogP contribution >= 0.6 is 0 Å². The number of benzene rings is 2. The molecule has 2 aromatic carbocycles. The average Bonchev–Trinajstić information content (AvgIpc) is 2.57. The Morgan fingerprint density at radius 2 is 1.60 bits per heavy atom. The Balaban J connectivity index is 1.95. The van der Waals surface area contributed by atoms with Crippen LogP contribution < -0.4 is 4.74 Å². The van der Waals surface area contributed by atoms with E-state index >= 15 is 0 Å². The van der Waals surface area contributed by atoms with E-state index in [1.165, 1.54) is 6.08 Å². The third-order valence-electron chi connectivity index (χ3n) is 3.83. The first-order valence-electron chi connectivity index (χ1n) is 8.00. The van der Waals surface area contributed by atoms with Crippen molar-refractivity contribution in [2.75, 3.05) is 13.7 Å². The molecule has 4 nitrogen and oxygen atoms in total. The molecule has 0 N–H and O–H groups in total. The van der Waals surface area contributed by atoms with Crippen LogP contribution in [0.1, 0.15) is 32.6 Å². The highest BCUT2D eigenvalue weighted by Crippen LogP contribution is 2.17. The summed E-state index contributed by atoms with van der Waals surface area (Å²) >= 11 is 0. The van der Waals surface area contributed by atoms with Gasteiger partial charge in [0.15, 0.2) is 6.61 Å². The number of aryl methyl sites for hydroxylation is 3. The van der Waals surface area contributed by atoms with Gasteiger partial charge in [0.2, 0.25) is 5.78 Å². The van der Waals surface area contributed by atoms with Crippen LogP contribution in [0.5, 0.6) is 5.75 Å². The summed E-state index contributed by atoms with van der Waals surface area (Å²) in [6.07, 6.45) is 2.94. The van der Waals surface area contributed by atoms with Gasteiger partial charge in [0.05, 0.1) is 7.11 Å². The minimum atomic E-state index is -0.549. The van der Waals surface area contributed by atoms with E-state index in [-0.39, 0.29) is 12.4 Å². The molecule has 0 spiro atoms. The lowest BCUT2D eigenvalue weighted by Gasteiger charge is -2.10. The summed E-state index contributed by atoms with van der Waals surface area (Å²) in [7, 11) is 1.59. The van der Waals surface area contributed by atoms with Gasteiger partial charge in [-0.2, -0.15) is 0 Å². The largest absolute Gasteiger partial charge is 0.497 e. The molecule has 0 bridgehead atoms. The molecule has 0 saturated carbocycles. The molecule has 0 aliphatic heterocycles. The molecule has 130 valence electrons. The topological polar surface area (TPSA) is 52.6 Å². The highest BCUT2D eigenvalue weighted by molar-refractivity contribution is 6.01. The molecule has 0 heterocycles. The lowest BCUT2D eigenvalue weighted by molar-refractivity contribution is -0.136. The van der Waals surface area contributed by atoms with Gasteiger partial charge in [-0.15, -0.1) is 0 Å². The van der Waals surface area contributed by atoms with E-state index < -0.39 is 5.97 Å². The predicted octanol–water partition coefficient (Wildman–Crippen LogP) is 4.06. The lowest BCUT2D eigenvalue weighted by Crippen LogP contribution is -2.15. The van der Waals surface area contributed by atoms with Crippen LogP contribution in [-0.4, -0.2) is 25.5 Å². The van der Waals surface area contributed by atoms with Gasteiger partial charge in [0, 0.05) is 11.6 Å². The normalized spacial score (nSPS) is 10.7. The number of rotatable bonds is 6. The highest BCUT2D eigenvalue weighted by atomic mass is 16.5. The van der Waals surface area contributed by atoms with E-state index in [9.17, 15) is 9.59 Å². The lowest BCUT2D eigenvalue weighted by atomic mass is 9.97. The monoisotopic (exact) mass is 338 g/mol. The molecular weight excluding hydrogens is 316 g/mol. The molecule has 0 saturated heterocycles. The molecule has 0 aliphatic rings. The highest BCUT2D eigenvalue weighted by Gasteiger charge is 2.14. The fourth-order valence-corrected chi connectivity index (χ4v) is 2.76. The number of hydrogen-bond donors (Lipinski definition) is 0. The SMILES string of the molecule is COc1ccc(C=CC(=O)OCC(=O)c2c(C)cc(C)cc2C)cc1. The number of hydrogen-bond acceptors (Lipinski definition) is 4. The van der Waals surface area contributed by atoms with E-state index in [0.717, 1.165) is 28.0 Å². The Morgan fingerprint density at radius 3 is 2.16 bits per heavy atom. The number of ether oxygens (including phenoxy) is 2. The van der Waals surface area contributed by atoms with Crippen molar-refractivity contribution in [2.45, 2.75) is 20.8 Å². The molecule has 0 aliphatic carbocycles. The minimum absolute atomic E-state index is 0.193. The molecule has 0 unspecified atom stereocenters. The van der Waals surface area contributed by atoms with Crippen molar-refractivity contribution in [1.29, 1.82) is 0 Å². The first-order chi connectivity index (χ1) is 11.9. The smallest absolute Gasteiger partial charge is 0.331 e. The van der Waals surface area contributed by atoms with Crippen molar-refractivity contribution < 1.29 is 19.1 Å². The van der Waals surface area contributed by atoms with E-state index in [0.29, 0.717) is 5.56 Å². The van der Waals surface area contributed by atoms with Gasteiger partial charge in [0.1, 0.15) is 5.75 Å². The molecule has 0 radical (unpaired) electrons. The zero-order valence-electron chi connectivity index (χ0n) is 15.0. The van der Waals surface area contributed by atoms with Crippen LogP contribution in [0.3, 0.4) is 0 Å². The van der Waals surface area contributed by atoms with E-state index in [2.05, 4.69) is 0 Å². The predicted molar refractivity (Wildman–Crippen MR) is 98.0 cm³/mol. The third kappa shape index (κ3) is 5.05. The molecule has 0 atom stereocenters. The van der Waals surface area contributed by atoms with E-state index in [1.807, 2.05) is 45.0 Å². The van der Waals surface area contributed by atoms with Gasteiger partial charge >= 0.3 is 5.97 Å². The quantitative estimate of drug-likeness (QED) is 0.453. The van der Waals surface area contributed by atoms with Crippen LogP contribution in [0.4, 0.5) is 0 Å². The number of Topliss-reactive ketones (excluding diaryl/α,β-unsaturated/α-hetero) is 1. The Labute approximate surface area is 148 Å². The Bertz CT molecular complexity index is 778. The van der Waals surface area contributed by atoms with Crippen LogP contribution in [0.15, 0.2) is 42.5 Å². The zero-order valence-corrected chi connectivity index (χ0v) is 15.0. The number of carbonyl (C=O) groups excluding carboxylic acids is 2. The summed E-state index contributed by atoms with van der Waals surface area (Å²) in [4.78, 5) is 24.1. The molecule has 2 aromatic rings. The molecule has 25 heavy (non-hydrogen) atoms. The number of esters is 1. The first-order valence-corrected chi connectivity index (χ1v) is 8.00. The maximum absolute atomic E-state index is 12.3. The summed E-state index contributed by atoms with van der Waals surface area (Å²) in [6, 6.07) is 11.2. The fraction of sp³-hybridized carbons (Fsp3) is 0.238. The van der Waals surface area contributed by atoms with Gasteiger partial charge < -0.3 is 9.47 Å². The van der Waals surface area contributed by atoms with Crippen LogP contribution in [-0.2, 0) is 9.53 Å². The standard InChI is InChI=1S/C21H22O4/c1-14-11-15(2)21(16(3)12-14)19(22)13-25-20(23)10-7-17-5-8-18(24-4)9-6-17/h5-12H,13H2,1-4H3. The molecule has 2 rings (SSSR count). The van der Waals surface area contributed by atoms with Crippen LogP contribution in [0, 0.1) is 20.8 Å². The fourth-order valence-electron chi connectivity index (χ4n) is 2.76. The third-order valence-corrected chi connectivity index (χ3v) is 3.83. The Hall–Kier alpha value is -2.88. The van der Waals surface area contributed by atoms with Crippen LogP contribution in [0.25, 0.3) is 6.08 Å². The van der Waals surface area contributed by atoms with Crippen molar-refractivity contribution in [3.05, 3.63) is 70.3 Å². The Morgan fingerprint density at radius 1 is 1.00 bits per heavy atom. The van der Waals surface area contributed by atoms with Gasteiger partial charge in [-0.25, -0.2) is 4.79 Å². The maximum Gasteiger partial charge on any atom is 0.331 e. The van der Waals surface area contributed by atoms with Crippen molar-refractivity contribution in [2.24, 2.45) is 0 Å². The molecule has 0 aromatic heterocycles. The van der Waals surface area contributed by atoms with Crippen molar-refractivity contribution in [1.82, 2.24) is 0 Å². The van der Waals surface area contributed by atoms with Gasteiger partial charge in [-0.3, -0.25) is 4.79 Å². The summed E-state index contributed by atoms with van der Waals surface area (Å²) in [6.45, 7) is 5.49.